The number of ether oxygens (including phenoxy) is 1. The van der Waals surface area contributed by atoms with Gasteiger partial charge in [0.2, 0.25) is 0 Å². The van der Waals surface area contributed by atoms with Crippen LogP contribution < -0.4 is 4.74 Å². The van der Waals surface area contributed by atoms with Gasteiger partial charge >= 0.3 is 0 Å². The summed E-state index contributed by atoms with van der Waals surface area (Å²) in [6.07, 6.45) is 1.62. The molecule has 1 heterocycles. The summed E-state index contributed by atoms with van der Waals surface area (Å²) in [5.74, 6) is 0.885. The van der Waals surface area contributed by atoms with E-state index in [2.05, 4.69) is 4.98 Å². The summed E-state index contributed by atoms with van der Waals surface area (Å²) in [7, 11) is 0. The molecule has 0 saturated heterocycles. The van der Waals surface area contributed by atoms with Crippen molar-refractivity contribution in [2.75, 3.05) is 0 Å². The van der Waals surface area contributed by atoms with Crippen LogP contribution in [0.25, 0.3) is 0 Å². The number of nitriles is 1. The summed E-state index contributed by atoms with van der Waals surface area (Å²) in [6.45, 7) is 0. The Morgan fingerprint density at radius 3 is 2.71 bits per heavy atom. The molecule has 0 atom stereocenters. The Balaban J connectivity index is 2.45. The normalized spacial score (nSPS) is 9.65. The molecule has 0 amide bonds. The van der Waals surface area contributed by atoms with Crippen molar-refractivity contribution in [1.82, 2.24) is 4.98 Å². The average Bonchev–Trinajstić information content (AvgIpc) is 2.32. The molecular formula is C12H7ClN2OS. The SMILES string of the molecule is N#Cc1c(Oc2ccccc2Cl)cc[nH]c1=S. The lowest BCUT2D eigenvalue weighted by atomic mass is 10.3. The van der Waals surface area contributed by atoms with Crippen LogP contribution in [-0.4, -0.2) is 4.98 Å². The third-order valence-electron chi connectivity index (χ3n) is 2.09. The summed E-state index contributed by atoms with van der Waals surface area (Å²) in [5.41, 5.74) is 0.294. The predicted molar refractivity (Wildman–Crippen MR) is 67.9 cm³/mol. The summed E-state index contributed by atoms with van der Waals surface area (Å²) < 4.78 is 5.92. The first-order valence-electron chi connectivity index (χ1n) is 4.76. The third kappa shape index (κ3) is 2.47. The van der Waals surface area contributed by atoms with Gasteiger partial charge in [0.05, 0.1) is 5.02 Å². The zero-order chi connectivity index (χ0) is 12.3. The molecule has 2 aromatic rings. The van der Waals surface area contributed by atoms with Crippen molar-refractivity contribution >= 4 is 23.8 Å². The number of aromatic amines is 1. The number of rotatable bonds is 2. The van der Waals surface area contributed by atoms with Gasteiger partial charge in [-0.25, -0.2) is 0 Å². The second-order valence-electron chi connectivity index (χ2n) is 3.19. The fourth-order valence-corrected chi connectivity index (χ4v) is 1.69. The molecule has 0 aliphatic rings. The highest BCUT2D eigenvalue weighted by Gasteiger charge is 2.08. The van der Waals surface area contributed by atoms with Crippen molar-refractivity contribution in [3.63, 3.8) is 0 Å². The van der Waals surface area contributed by atoms with Crippen LogP contribution in [0, 0.1) is 16.0 Å². The maximum absolute atomic E-state index is 9.00. The van der Waals surface area contributed by atoms with Crippen molar-refractivity contribution in [2.24, 2.45) is 0 Å². The van der Waals surface area contributed by atoms with Gasteiger partial charge in [-0.3, -0.25) is 0 Å². The first-order valence-corrected chi connectivity index (χ1v) is 5.55. The van der Waals surface area contributed by atoms with Crippen molar-refractivity contribution < 1.29 is 4.74 Å². The molecule has 0 aliphatic carbocycles. The van der Waals surface area contributed by atoms with Crippen molar-refractivity contribution in [3.05, 3.63) is 51.8 Å². The van der Waals surface area contributed by atoms with E-state index in [-0.39, 0.29) is 0 Å². The quantitative estimate of drug-likeness (QED) is 0.830. The van der Waals surface area contributed by atoms with E-state index in [0.717, 1.165) is 0 Å². The number of aromatic nitrogens is 1. The molecule has 17 heavy (non-hydrogen) atoms. The van der Waals surface area contributed by atoms with Gasteiger partial charge in [0.15, 0.2) is 0 Å². The standard InChI is InChI=1S/C12H7ClN2OS/c13-9-3-1-2-4-11(9)16-10-5-6-15-12(17)8(10)7-14/h1-6H,(H,15,17). The summed E-state index contributed by atoms with van der Waals surface area (Å²) in [6, 6.07) is 10.7. The van der Waals surface area contributed by atoms with E-state index in [1.165, 1.54) is 0 Å². The van der Waals surface area contributed by atoms with Crippen molar-refractivity contribution in [1.29, 1.82) is 5.26 Å². The van der Waals surface area contributed by atoms with Gasteiger partial charge in [-0.1, -0.05) is 36.0 Å². The number of hydrogen-bond donors (Lipinski definition) is 1. The van der Waals surface area contributed by atoms with Crippen molar-refractivity contribution in [2.45, 2.75) is 0 Å². The van der Waals surface area contributed by atoms with Crippen LogP contribution in [0.2, 0.25) is 5.02 Å². The molecule has 0 fully saturated rings. The monoisotopic (exact) mass is 262 g/mol. The fraction of sp³-hybridized carbons (Fsp3) is 0. The molecule has 2 rings (SSSR count). The van der Waals surface area contributed by atoms with Crippen LogP contribution in [0.4, 0.5) is 0 Å². The van der Waals surface area contributed by atoms with E-state index in [0.29, 0.717) is 26.7 Å². The lowest BCUT2D eigenvalue weighted by Gasteiger charge is -2.08. The van der Waals surface area contributed by atoms with Gasteiger partial charge in [0.25, 0.3) is 0 Å². The van der Waals surface area contributed by atoms with Crippen LogP contribution in [-0.2, 0) is 0 Å². The van der Waals surface area contributed by atoms with E-state index < -0.39 is 0 Å². The van der Waals surface area contributed by atoms with Crippen LogP contribution in [0.3, 0.4) is 0 Å². The minimum Gasteiger partial charge on any atom is -0.454 e. The molecule has 1 aromatic heterocycles. The number of H-pyrrole nitrogens is 1. The zero-order valence-electron chi connectivity index (χ0n) is 8.61. The Kier molecular flexibility index (Phi) is 3.43. The maximum atomic E-state index is 9.00. The van der Waals surface area contributed by atoms with Crippen molar-refractivity contribution in [3.8, 4) is 17.6 Å². The van der Waals surface area contributed by atoms with Gasteiger partial charge in [0, 0.05) is 6.20 Å². The molecule has 84 valence electrons. The molecule has 1 N–H and O–H groups in total. The third-order valence-corrected chi connectivity index (χ3v) is 2.73. The second-order valence-corrected chi connectivity index (χ2v) is 4.01. The molecule has 0 spiro atoms. The lowest BCUT2D eigenvalue weighted by molar-refractivity contribution is 0.480. The highest BCUT2D eigenvalue weighted by Crippen LogP contribution is 2.30. The zero-order valence-corrected chi connectivity index (χ0v) is 10.2. The minimum atomic E-state index is 0.294. The lowest BCUT2D eigenvalue weighted by Crippen LogP contribution is -1.91. The summed E-state index contributed by atoms with van der Waals surface area (Å²) in [5, 5.41) is 9.48. The van der Waals surface area contributed by atoms with E-state index in [1.54, 1.807) is 36.5 Å². The Labute approximate surface area is 108 Å². The minimum absolute atomic E-state index is 0.294. The molecule has 0 saturated carbocycles. The Bertz CT molecular complexity index is 645. The first kappa shape index (κ1) is 11.6. The largest absolute Gasteiger partial charge is 0.454 e. The highest BCUT2D eigenvalue weighted by molar-refractivity contribution is 7.71. The molecule has 1 aromatic carbocycles. The number of para-hydroxylation sites is 1. The number of pyridine rings is 1. The van der Waals surface area contributed by atoms with Gasteiger partial charge < -0.3 is 9.72 Å². The summed E-state index contributed by atoms with van der Waals surface area (Å²) in [4.78, 5) is 2.77. The first-order chi connectivity index (χ1) is 8.22. The van der Waals surface area contributed by atoms with E-state index in [4.69, 9.17) is 33.8 Å². The van der Waals surface area contributed by atoms with Gasteiger partial charge in [-0.15, -0.1) is 0 Å². The highest BCUT2D eigenvalue weighted by atomic mass is 35.5. The molecule has 3 nitrogen and oxygen atoms in total. The van der Waals surface area contributed by atoms with Gasteiger partial charge in [-0.2, -0.15) is 5.26 Å². The van der Waals surface area contributed by atoms with Crippen LogP contribution in [0.5, 0.6) is 11.5 Å². The van der Waals surface area contributed by atoms with Gasteiger partial charge in [-0.05, 0) is 18.2 Å². The van der Waals surface area contributed by atoms with Gasteiger partial charge in [0.1, 0.15) is 27.8 Å². The number of nitrogens with zero attached hydrogens (tertiary/aromatic N) is 1. The molecule has 5 heteroatoms. The summed E-state index contributed by atoms with van der Waals surface area (Å²) >= 11 is 11.0. The molecular weight excluding hydrogens is 256 g/mol. The Hall–Kier alpha value is -1.83. The molecule has 0 aliphatic heterocycles. The topological polar surface area (TPSA) is 48.8 Å². The number of hydrogen-bond acceptors (Lipinski definition) is 3. The number of benzene rings is 1. The number of nitrogens with one attached hydrogen (secondary N) is 1. The van der Waals surface area contributed by atoms with Crippen LogP contribution in [0.15, 0.2) is 36.5 Å². The Morgan fingerprint density at radius 2 is 2.00 bits per heavy atom. The predicted octanol–water partition coefficient (Wildman–Crippen LogP) is 4.06. The molecule has 0 bridgehead atoms. The maximum Gasteiger partial charge on any atom is 0.149 e. The molecule has 0 unspecified atom stereocenters. The smallest absolute Gasteiger partial charge is 0.149 e. The number of halogens is 1. The van der Waals surface area contributed by atoms with E-state index in [9.17, 15) is 0 Å². The average molecular weight is 263 g/mol. The van der Waals surface area contributed by atoms with E-state index >= 15 is 0 Å². The van der Waals surface area contributed by atoms with E-state index in [1.807, 2.05) is 6.07 Å². The fourth-order valence-electron chi connectivity index (χ4n) is 1.30. The van der Waals surface area contributed by atoms with Crippen LogP contribution in [0.1, 0.15) is 5.56 Å². The molecule has 0 radical (unpaired) electrons. The van der Waals surface area contributed by atoms with Crippen LogP contribution >= 0.6 is 23.8 Å². The Morgan fingerprint density at radius 1 is 1.24 bits per heavy atom. The second kappa shape index (κ2) is 5.00.